The molecule has 0 radical (unpaired) electrons. The van der Waals surface area contributed by atoms with Crippen LogP contribution in [-0.2, 0) is 5.41 Å². The molecule has 4 bridgehead atoms. The van der Waals surface area contributed by atoms with Crippen LogP contribution in [0.2, 0.25) is 0 Å². The number of hydrogen-bond donors (Lipinski definition) is 1. The number of anilines is 1. The Bertz CT molecular complexity index is 537. The van der Waals surface area contributed by atoms with Gasteiger partial charge in [-0.15, -0.1) is 5.10 Å². The van der Waals surface area contributed by atoms with Gasteiger partial charge in [-0.25, -0.2) is 0 Å². The normalized spacial score (nSPS) is 39.2. The van der Waals surface area contributed by atoms with Crippen LogP contribution in [0, 0.1) is 29.1 Å². The average molecular weight is 254 g/mol. The Kier molecular flexibility index (Phi) is 2.18. The minimum absolute atomic E-state index is 0.171. The van der Waals surface area contributed by atoms with Gasteiger partial charge in [0.2, 0.25) is 0 Å². The molecule has 4 aliphatic rings. The lowest BCUT2D eigenvalue weighted by atomic mass is 9.48. The number of nitriles is 1. The molecule has 4 saturated carbocycles. The molecule has 1 aromatic rings. The van der Waals surface area contributed by atoms with Crippen molar-refractivity contribution in [1.82, 2.24) is 10.2 Å². The van der Waals surface area contributed by atoms with E-state index in [2.05, 4.69) is 16.3 Å². The lowest BCUT2D eigenvalue weighted by Gasteiger charge is -2.57. The number of aromatic nitrogens is 2. The fourth-order valence-electron chi connectivity index (χ4n) is 5.36. The topological polar surface area (TPSA) is 75.6 Å². The fraction of sp³-hybridized carbons (Fsp3) is 0.667. The number of rotatable bonds is 1. The van der Waals surface area contributed by atoms with Gasteiger partial charge in [0.05, 0.1) is 6.20 Å². The second kappa shape index (κ2) is 3.69. The maximum Gasteiger partial charge on any atom is 0.164 e. The lowest BCUT2D eigenvalue weighted by Crippen LogP contribution is -2.49. The minimum Gasteiger partial charge on any atom is -0.381 e. The molecule has 0 spiro atoms. The third kappa shape index (κ3) is 1.51. The van der Waals surface area contributed by atoms with Gasteiger partial charge in [0.15, 0.2) is 5.82 Å². The van der Waals surface area contributed by atoms with Crippen molar-refractivity contribution in [3.05, 3.63) is 17.3 Å². The standard InChI is InChI=1S/C15H18N4/c16-7-12-13(8-18-19-14(12)17)15-4-9-1-10(5-15)3-11(2-9)6-15/h8-11H,1-6H2,(H2,17,19). The van der Waals surface area contributed by atoms with Crippen molar-refractivity contribution < 1.29 is 0 Å². The molecule has 4 heteroatoms. The SMILES string of the molecule is N#Cc1c(C23CC4CC(CC(C4)C2)C3)cnnc1N. The van der Waals surface area contributed by atoms with Gasteiger partial charge in [-0.3, -0.25) is 0 Å². The van der Waals surface area contributed by atoms with Crippen molar-refractivity contribution in [2.45, 2.75) is 43.9 Å². The summed E-state index contributed by atoms with van der Waals surface area (Å²) >= 11 is 0. The summed E-state index contributed by atoms with van der Waals surface area (Å²) in [4.78, 5) is 0. The first kappa shape index (κ1) is 11.2. The molecule has 0 atom stereocenters. The summed E-state index contributed by atoms with van der Waals surface area (Å²) in [5, 5.41) is 17.3. The smallest absolute Gasteiger partial charge is 0.164 e. The molecule has 98 valence electrons. The molecule has 0 aliphatic heterocycles. The minimum atomic E-state index is 0.171. The molecule has 4 fully saturated rings. The van der Waals surface area contributed by atoms with Crippen molar-refractivity contribution in [2.75, 3.05) is 5.73 Å². The van der Waals surface area contributed by atoms with E-state index in [0.29, 0.717) is 11.4 Å². The molecule has 1 heterocycles. The quantitative estimate of drug-likeness (QED) is 0.835. The molecule has 0 saturated heterocycles. The zero-order chi connectivity index (χ0) is 13.0. The van der Waals surface area contributed by atoms with E-state index in [1.807, 2.05) is 6.20 Å². The highest BCUT2D eigenvalue weighted by atomic mass is 15.1. The molecule has 1 aromatic heterocycles. The number of hydrogen-bond acceptors (Lipinski definition) is 4. The summed E-state index contributed by atoms with van der Waals surface area (Å²) in [6, 6.07) is 2.26. The van der Waals surface area contributed by atoms with Crippen LogP contribution >= 0.6 is 0 Å². The maximum atomic E-state index is 9.40. The first-order chi connectivity index (χ1) is 9.20. The summed E-state index contributed by atoms with van der Waals surface area (Å²) in [5.74, 6) is 2.86. The van der Waals surface area contributed by atoms with Crippen molar-refractivity contribution >= 4 is 5.82 Å². The van der Waals surface area contributed by atoms with Crippen molar-refractivity contribution in [2.24, 2.45) is 17.8 Å². The summed E-state index contributed by atoms with van der Waals surface area (Å²) in [5.41, 5.74) is 7.69. The Labute approximate surface area is 113 Å². The monoisotopic (exact) mass is 254 g/mol. The van der Waals surface area contributed by atoms with E-state index >= 15 is 0 Å². The molecule has 0 amide bonds. The van der Waals surface area contributed by atoms with Crippen molar-refractivity contribution in [1.29, 1.82) is 5.26 Å². The number of nitrogens with zero attached hydrogens (tertiary/aromatic N) is 3. The zero-order valence-corrected chi connectivity index (χ0v) is 11.0. The van der Waals surface area contributed by atoms with Gasteiger partial charge >= 0.3 is 0 Å². The number of nitrogens with two attached hydrogens (primary N) is 1. The number of nitrogen functional groups attached to an aromatic ring is 1. The second-order valence-electron chi connectivity index (χ2n) is 6.83. The Balaban J connectivity index is 1.84. The van der Waals surface area contributed by atoms with E-state index in [9.17, 15) is 5.26 Å². The Morgan fingerprint density at radius 2 is 1.74 bits per heavy atom. The highest BCUT2D eigenvalue weighted by Gasteiger charge is 2.52. The van der Waals surface area contributed by atoms with E-state index in [1.54, 1.807) is 0 Å². The van der Waals surface area contributed by atoms with Gasteiger partial charge in [-0.2, -0.15) is 10.4 Å². The molecule has 5 rings (SSSR count). The third-order valence-electron chi connectivity index (χ3n) is 5.60. The molecule has 0 aromatic carbocycles. The Morgan fingerprint density at radius 1 is 1.16 bits per heavy atom. The van der Waals surface area contributed by atoms with Crippen molar-refractivity contribution in [3.63, 3.8) is 0 Å². The van der Waals surface area contributed by atoms with Crippen LogP contribution < -0.4 is 5.73 Å². The van der Waals surface area contributed by atoms with Crippen LogP contribution in [0.3, 0.4) is 0 Å². The molecular weight excluding hydrogens is 236 g/mol. The largest absolute Gasteiger partial charge is 0.381 e. The highest BCUT2D eigenvalue weighted by Crippen LogP contribution is 2.61. The highest BCUT2D eigenvalue weighted by molar-refractivity contribution is 5.54. The van der Waals surface area contributed by atoms with Crippen LogP contribution in [0.5, 0.6) is 0 Å². The first-order valence-electron chi connectivity index (χ1n) is 7.22. The van der Waals surface area contributed by atoms with Gasteiger partial charge in [0, 0.05) is 5.56 Å². The summed E-state index contributed by atoms with van der Waals surface area (Å²) in [6.45, 7) is 0. The fourth-order valence-corrected chi connectivity index (χ4v) is 5.36. The van der Waals surface area contributed by atoms with Crippen LogP contribution in [0.25, 0.3) is 0 Å². The van der Waals surface area contributed by atoms with E-state index < -0.39 is 0 Å². The molecule has 4 nitrogen and oxygen atoms in total. The Hall–Kier alpha value is -1.63. The maximum absolute atomic E-state index is 9.40. The summed E-state index contributed by atoms with van der Waals surface area (Å²) < 4.78 is 0. The molecular formula is C15H18N4. The molecule has 2 N–H and O–H groups in total. The van der Waals surface area contributed by atoms with E-state index in [4.69, 9.17) is 5.73 Å². The van der Waals surface area contributed by atoms with Crippen LogP contribution in [0.1, 0.15) is 49.7 Å². The molecule has 0 unspecified atom stereocenters. The van der Waals surface area contributed by atoms with Crippen LogP contribution in [0.15, 0.2) is 6.20 Å². The molecule has 4 aliphatic carbocycles. The lowest BCUT2D eigenvalue weighted by molar-refractivity contribution is -0.00549. The van der Waals surface area contributed by atoms with Gasteiger partial charge in [-0.05, 0) is 61.7 Å². The van der Waals surface area contributed by atoms with Crippen molar-refractivity contribution in [3.8, 4) is 6.07 Å². The predicted octanol–water partition coefficient (Wildman–Crippen LogP) is 2.40. The van der Waals surface area contributed by atoms with Crippen LogP contribution in [-0.4, -0.2) is 10.2 Å². The van der Waals surface area contributed by atoms with Gasteiger partial charge in [-0.1, -0.05) is 0 Å². The summed E-state index contributed by atoms with van der Waals surface area (Å²) in [6.07, 6.45) is 9.66. The van der Waals surface area contributed by atoms with Gasteiger partial charge < -0.3 is 5.73 Å². The third-order valence-corrected chi connectivity index (χ3v) is 5.60. The second-order valence-corrected chi connectivity index (χ2v) is 6.83. The van der Waals surface area contributed by atoms with Gasteiger partial charge in [0.25, 0.3) is 0 Å². The molecule has 19 heavy (non-hydrogen) atoms. The van der Waals surface area contributed by atoms with E-state index in [1.165, 1.54) is 38.5 Å². The average Bonchev–Trinajstić information content (AvgIpc) is 2.36. The zero-order valence-electron chi connectivity index (χ0n) is 11.0. The van der Waals surface area contributed by atoms with E-state index in [-0.39, 0.29) is 5.41 Å². The predicted molar refractivity (Wildman–Crippen MR) is 71.0 cm³/mol. The Morgan fingerprint density at radius 3 is 2.26 bits per heavy atom. The first-order valence-corrected chi connectivity index (χ1v) is 7.22. The summed E-state index contributed by atoms with van der Waals surface area (Å²) in [7, 11) is 0. The van der Waals surface area contributed by atoms with Gasteiger partial charge in [0.1, 0.15) is 11.6 Å². The van der Waals surface area contributed by atoms with E-state index in [0.717, 1.165) is 23.3 Å². The van der Waals surface area contributed by atoms with Crippen LogP contribution in [0.4, 0.5) is 5.82 Å².